The zero-order valence-corrected chi connectivity index (χ0v) is 26.6. The number of amides is 3. The van der Waals surface area contributed by atoms with Crippen LogP contribution in [0.5, 0.6) is 0 Å². The van der Waals surface area contributed by atoms with E-state index in [4.69, 9.17) is 5.10 Å². The largest absolute Gasteiger partial charge is 0.322 e. The summed E-state index contributed by atoms with van der Waals surface area (Å²) in [4.78, 5) is 28.9. The number of nitrogens with zero attached hydrogens (tertiary/aromatic N) is 3. The molecule has 0 aliphatic heterocycles. The van der Waals surface area contributed by atoms with Gasteiger partial charge >= 0.3 is 6.03 Å². The Morgan fingerprint density at radius 2 is 1.53 bits per heavy atom. The molecule has 7 nitrogen and oxygen atoms in total. The molecule has 2 N–H and O–H groups in total. The second kappa shape index (κ2) is 14.2. The minimum absolute atomic E-state index is 0.0780. The van der Waals surface area contributed by atoms with Crippen molar-refractivity contribution in [3.63, 3.8) is 0 Å². The molecular weight excluding hydrogens is 534 g/mol. The van der Waals surface area contributed by atoms with Crippen LogP contribution >= 0.6 is 0 Å². The third-order valence-corrected chi connectivity index (χ3v) is 7.64. The van der Waals surface area contributed by atoms with Gasteiger partial charge < -0.3 is 15.5 Å². The van der Waals surface area contributed by atoms with Crippen LogP contribution in [0.3, 0.4) is 0 Å². The van der Waals surface area contributed by atoms with Crippen molar-refractivity contribution in [3.05, 3.63) is 95.1 Å². The number of urea groups is 1. The van der Waals surface area contributed by atoms with Gasteiger partial charge in [0, 0.05) is 23.9 Å². The molecule has 0 radical (unpaired) electrons. The number of anilines is 2. The number of para-hydroxylation sites is 1. The molecule has 0 aliphatic rings. The Bertz CT molecular complexity index is 1530. The average molecular weight is 580 g/mol. The van der Waals surface area contributed by atoms with Crippen molar-refractivity contribution in [1.82, 2.24) is 14.7 Å². The van der Waals surface area contributed by atoms with Gasteiger partial charge in [0.1, 0.15) is 12.4 Å². The Morgan fingerprint density at radius 3 is 2.14 bits per heavy atom. The molecule has 3 aromatic carbocycles. The summed E-state index contributed by atoms with van der Waals surface area (Å²) in [5, 5.41) is 11.1. The lowest BCUT2D eigenvalue weighted by molar-refractivity contribution is -0.116. The van der Waals surface area contributed by atoms with E-state index in [1.54, 1.807) is 9.58 Å². The fourth-order valence-corrected chi connectivity index (χ4v) is 5.29. The molecule has 0 saturated carbocycles. The highest BCUT2D eigenvalue weighted by atomic mass is 16.2. The van der Waals surface area contributed by atoms with Gasteiger partial charge in [-0.25, -0.2) is 9.48 Å². The average Bonchev–Trinajstić information content (AvgIpc) is 3.38. The number of hydrogen-bond acceptors (Lipinski definition) is 3. The first-order chi connectivity index (χ1) is 20.6. The monoisotopic (exact) mass is 579 g/mol. The number of aryl methyl sites for hydroxylation is 2. The Labute approximate surface area is 256 Å². The molecular formula is C36H45N5O2. The van der Waals surface area contributed by atoms with Crippen molar-refractivity contribution in [3.8, 4) is 16.9 Å². The maximum Gasteiger partial charge on any atom is 0.322 e. The second-order valence-electron chi connectivity index (χ2n) is 11.9. The van der Waals surface area contributed by atoms with Crippen LogP contribution in [0.4, 0.5) is 16.3 Å². The van der Waals surface area contributed by atoms with Crippen molar-refractivity contribution in [2.24, 2.45) is 0 Å². The van der Waals surface area contributed by atoms with E-state index in [1.165, 1.54) is 0 Å². The standard InChI is InChI=1S/C36H45N5O2/c1-8-9-20-40(36(43)38-35-29(24(2)3)16-13-17-30(35)25(4)5)23-34(42)37-33-22-31(28-14-11-10-12-15-28)39-41(33)32-19-18-26(6)21-27(32)7/h10-19,21-22,24-25H,8-9,20,23H2,1-7H3,(H,37,42)(H,38,43). The van der Waals surface area contributed by atoms with Crippen LogP contribution < -0.4 is 10.6 Å². The van der Waals surface area contributed by atoms with Crippen LogP contribution in [0.25, 0.3) is 16.9 Å². The van der Waals surface area contributed by atoms with Gasteiger partial charge in [-0.15, -0.1) is 0 Å². The second-order valence-corrected chi connectivity index (χ2v) is 11.9. The molecule has 0 saturated heterocycles. The van der Waals surface area contributed by atoms with Crippen molar-refractivity contribution in [2.45, 2.75) is 73.1 Å². The molecule has 4 rings (SSSR count). The predicted octanol–water partition coefficient (Wildman–Crippen LogP) is 8.68. The van der Waals surface area contributed by atoms with Gasteiger partial charge in [-0.05, 0) is 54.9 Å². The molecule has 43 heavy (non-hydrogen) atoms. The van der Waals surface area contributed by atoms with E-state index in [9.17, 15) is 9.59 Å². The quantitative estimate of drug-likeness (QED) is 0.187. The van der Waals surface area contributed by atoms with Crippen molar-refractivity contribution >= 4 is 23.4 Å². The summed E-state index contributed by atoms with van der Waals surface area (Å²) >= 11 is 0. The molecule has 1 heterocycles. The Hall–Kier alpha value is -4.39. The summed E-state index contributed by atoms with van der Waals surface area (Å²) in [5.74, 6) is 0.758. The highest BCUT2D eigenvalue weighted by molar-refractivity contribution is 5.97. The van der Waals surface area contributed by atoms with Crippen LogP contribution in [0.1, 0.15) is 81.5 Å². The molecule has 3 amide bonds. The highest BCUT2D eigenvalue weighted by Gasteiger charge is 2.23. The Kier molecular flexibility index (Phi) is 10.4. The lowest BCUT2D eigenvalue weighted by Crippen LogP contribution is -2.41. The SMILES string of the molecule is CCCCN(CC(=O)Nc1cc(-c2ccccc2)nn1-c1ccc(C)cc1C)C(=O)Nc1c(C(C)C)cccc1C(C)C. The van der Waals surface area contributed by atoms with Gasteiger partial charge in [-0.3, -0.25) is 4.79 Å². The van der Waals surface area contributed by atoms with Gasteiger partial charge in [-0.1, -0.05) is 107 Å². The zero-order valence-electron chi connectivity index (χ0n) is 26.6. The van der Waals surface area contributed by atoms with Crippen LogP contribution in [-0.4, -0.2) is 39.7 Å². The molecule has 1 aromatic heterocycles. The normalized spacial score (nSPS) is 11.2. The molecule has 7 heteroatoms. The summed E-state index contributed by atoms with van der Waals surface area (Å²) in [6.07, 6.45) is 1.70. The number of carbonyl (C=O) groups excluding carboxylic acids is 2. The van der Waals surface area contributed by atoms with Gasteiger partial charge in [0.05, 0.1) is 11.4 Å². The lowest BCUT2D eigenvalue weighted by Gasteiger charge is -2.26. The number of carbonyl (C=O) groups is 2. The zero-order chi connectivity index (χ0) is 31.1. The lowest BCUT2D eigenvalue weighted by atomic mass is 9.93. The third-order valence-electron chi connectivity index (χ3n) is 7.64. The predicted molar refractivity (Wildman–Crippen MR) is 177 cm³/mol. The molecule has 0 aliphatic carbocycles. The van der Waals surface area contributed by atoms with E-state index >= 15 is 0 Å². The van der Waals surface area contributed by atoms with Crippen molar-refractivity contribution in [1.29, 1.82) is 0 Å². The number of benzene rings is 3. The maximum absolute atomic E-state index is 13.7. The first kappa shape index (κ1) is 31.5. The summed E-state index contributed by atoms with van der Waals surface area (Å²) in [6, 6.07) is 23.8. The molecule has 0 unspecified atom stereocenters. The smallest absolute Gasteiger partial charge is 0.315 e. The Morgan fingerprint density at radius 1 is 0.860 bits per heavy atom. The Balaban J connectivity index is 1.62. The fourth-order valence-electron chi connectivity index (χ4n) is 5.29. The van der Waals surface area contributed by atoms with Crippen LogP contribution in [0.2, 0.25) is 0 Å². The van der Waals surface area contributed by atoms with Crippen LogP contribution in [-0.2, 0) is 4.79 Å². The van der Waals surface area contributed by atoms with Gasteiger partial charge in [-0.2, -0.15) is 5.10 Å². The number of hydrogen-bond donors (Lipinski definition) is 2. The molecule has 0 fully saturated rings. The van der Waals surface area contributed by atoms with E-state index < -0.39 is 0 Å². The van der Waals surface area contributed by atoms with E-state index in [0.717, 1.165) is 57.7 Å². The number of unbranched alkanes of at least 4 members (excludes halogenated alkanes) is 1. The van der Waals surface area contributed by atoms with E-state index in [-0.39, 0.29) is 30.3 Å². The minimum Gasteiger partial charge on any atom is -0.315 e. The highest BCUT2D eigenvalue weighted by Crippen LogP contribution is 2.33. The summed E-state index contributed by atoms with van der Waals surface area (Å²) < 4.78 is 1.78. The first-order valence-electron chi connectivity index (χ1n) is 15.3. The number of nitrogens with one attached hydrogen (secondary N) is 2. The number of rotatable bonds is 11. The summed E-state index contributed by atoms with van der Waals surface area (Å²) in [7, 11) is 0. The van der Waals surface area contributed by atoms with E-state index in [1.807, 2.05) is 61.5 Å². The molecule has 226 valence electrons. The van der Waals surface area contributed by atoms with Crippen LogP contribution in [0, 0.1) is 13.8 Å². The van der Waals surface area contributed by atoms with Crippen molar-refractivity contribution < 1.29 is 9.59 Å². The fraction of sp³-hybridized carbons (Fsp3) is 0.361. The molecule has 0 atom stereocenters. The van der Waals surface area contributed by atoms with Gasteiger partial charge in [0.25, 0.3) is 0 Å². The van der Waals surface area contributed by atoms with Crippen LogP contribution in [0.15, 0.2) is 72.8 Å². The third kappa shape index (κ3) is 7.72. The van der Waals surface area contributed by atoms with E-state index in [2.05, 4.69) is 70.4 Å². The van der Waals surface area contributed by atoms with Gasteiger partial charge in [0.15, 0.2) is 0 Å². The molecule has 4 aromatic rings. The van der Waals surface area contributed by atoms with E-state index in [0.29, 0.717) is 12.4 Å². The summed E-state index contributed by atoms with van der Waals surface area (Å²) in [5.41, 5.74) is 7.81. The van der Waals surface area contributed by atoms with Crippen molar-refractivity contribution in [2.75, 3.05) is 23.7 Å². The minimum atomic E-state index is -0.280. The molecule has 0 bridgehead atoms. The summed E-state index contributed by atoms with van der Waals surface area (Å²) in [6.45, 7) is 15.1. The molecule has 0 spiro atoms. The maximum atomic E-state index is 13.7. The topological polar surface area (TPSA) is 79.3 Å². The first-order valence-corrected chi connectivity index (χ1v) is 15.3. The van der Waals surface area contributed by atoms with Gasteiger partial charge in [0.2, 0.25) is 5.91 Å². The number of aromatic nitrogens is 2.